The highest BCUT2D eigenvalue weighted by Crippen LogP contribution is 2.18. The van der Waals surface area contributed by atoms with Crippen LogP contribution in [0.2, 0.25) is 0 Å². The molecule has 0 bridgehead atoms. The zero-order valence-corrected chi connectivity index (χ0v) is 12.4. The summed E-state index contributed by atoms with van der Waals surface area (Å²) in [6.45, 7) is 0.613. The molecule has 1 aromatic carbocycles. The number of benzene rings is 1. The van der Waals surface area contributed by atoms with E-state index in [0.29, 0.717) is 12.3 Å². The van der Waals surface area contributed by atoms with Crippen LogP contribution in [0.25, 0.3) is 10.9 Å². The standard InChI is InChI=1S/C14H19N3O2S/c1-17-14-7-3-2-6-12(14)13(16-17)9-15-11-5-4-8-20(18,19)10-11/h2-3,6-7,11,15H,4-5,8-10H2,1H3. The van der Waals surface area contributed by atoms with Crippen molar-refractivity contribution in [3.05, 3.63) is 30.0 Å². The number of aromatic nitrogens is 2. The van der Waals surface area contributed by atoms with Crippen LogP contribution in [0.15, 0.2) is 24.3 Å². The second kappa shape index (κ2) is 5.18. The van der Waals surface area contributed by atoms with Gasteiger partial charge in [-0.3, -0.25) is 4.68 Å². The van der Waals surface area contributed by atoms with Gasteiger partial charge in [0.15, 0.2) is 9.84 Å². The smallest absolute Gasteiger partial charge is 0.151 e. The summed E-state index contributed by atoms with van der Waals surface area (Å²) in [5.41, 5.74) is 2.08. The topological polar surface area (TPSA) is 64.0 Å². The van der Waals surface area contributed by atoms with E-state index in [9.17, 15) is 8.42 Å². The fourth-order valence-electron chi connectivity index (χ4n) is 2.84. The Morgan fingerprint density at radius 3 is 3.00 bits per heavy atom. The van der Waals surface area contributed by atoms with E-state index in [2.05, 4.69) is 16.5 Å². The fourth-order valence-corrected chi connectivity index (χ4v) is 4.51. The molecule has 1 unspecified atom stereocenters. The third-order valence-corrected chi connectivity index (χ3v) is 5.68. The van der Waals surface area contributed by atoms with E-state index < -0.39 is 9.84 Å². The van der Waals surface area contributed by atoms with Gasteiger partial charge < -0.3 is 5.32 Å². The van der Waals surface area contributed by atoms with Gasteiger partial charge in [0.2, 0.25) is 0 Å². The van der Waals surface area contributed by atoms with Gasteiger partial charge in [-0.2, -0.15) is 5.10 Å². The molecule has 1 saturated heterocycles. The monoisotopic (exact) mass is 293 g/mol. The minimum absolute atomic E-state index is 0.0505. The van der Waals surface area contributed by atoms with Gasteiger partial charge in [-0.25, -0.2) is 8.42 Å². The molecule has 1 aliphatic heterocycles. The minimum atomic E-state index is -2.86. The molecule has 1 atom stereocenters. The number of rotatable bonds is 3. The molecule has 5 nitrogen and oxygen atoms in total. The molecule has 6 heteroatoms. The maximum atomic E-state index is 11.6. The van der Waals surface area contributed by atoms with Crippen LogP contribution in [-0.2, 0) is 23.4 Å². The van der Waals surface area contributed by atoms with Crippen molar-refractivity contribution >= 4 is 20.7 Å². The minimum Gasteiger partial charge on any atom is -0.307 e. The zero-order valence-electron chi connectivity index (χ0n) is 11.5. The van der Waals surface area contributed by atoms with Crippen LogP contribution in [0.4, 0.5) is 0 Å². The summed E-state index contributed by atoms with van der Waals surface area (Å²) in [5.74, 6) is 0.579. The highest BCUT2D eigenvalue weighted by molar-refractivity contribution is 7.91. The predicted molar refractivity (Wildman–Crippen MR) is 79.2 cm³/mol. The molecule has 108 valence electrons. The summed E-state index contributed by atoms with van der Waals surface area (Å²) < 4.78 is 25.1. The lowest BCUT2D eigenvalue weighted by atomic mass is 10.1. The van der Waals surface area contributed by atoms with Gasteiger partial charge in [-0.15, -0.1) is 0 Å². The molecule has 2 aromatic rings. The molecule has 0 saturated carbocycles. The summed E-state index contributed by atoms with van der Waals surface area (Å²) in [7, 11) is -0.934. The lowest BCUT2D eigenvalue weighted by molar-refractivity contribution is 0.476. The molecule has 0 amide bonds. The molecule has 20 heavy (non-hydrogen) atoms. The van der Waals surface area contributed by atoms with Crippen LogP contribution >= 0.6 is 0 Å². The van der Waals surface area contributed by atoms with Crippen molar-refractivity contribution in [2.45, 2.75) is 25.4 Å². The molecule has 0 radical (unpaired) electrons. The number of para-hydroxylation sites is 1. The van der Waals surface area contributed by atoms with E-state index in [4.69, 9.17) is 0 Å². The normalized spacial score (nSPS) is 22.1. The number of hydrogen-bond acceptors (Lipinski definition) is 4. The Morgan fingerprint density at radius 1 is 1.40 bits per heavy atom. The summed E-state index contributed by atoms with van der Waals surface area (Å²) in [6, 6.07) is 8.14. The van der Waals surface area contributed by atoms with Gasteiger partial charge in [0.1, 0.15) is 0 Å². The number of fused-ring (bicyclic) bond motifs is 1. The Kier molecular flexibility index (Phi) is 3.52. The lowest BCUT2D eigenvalue weighted by Crippen LogP contribution is -2.39. The highest BCUT2D eigenvalue weighted by Gasteiger charge is 2.24. The van der Waals surface area contributed by atoms with Crippen LogP contribution in [0.3, 0.4) is 0 Å². The van der Waals surface area contributed by atoms with Crippen molar-refractivity contribution in [2.24, 2.45) is 7.05 Å². The first-order valence-electron chi connectivity index (χ1n) is 6.89. The Bertz CT molecular complexity index is 721. The van der Waals surface area contributed by atoms with Gasteiger partial charge in [0.05, 0.1) is 22.7 Å². The number of hydrogen-bond donors (Lipinski definition) is 1. The Labute approximate surface area is 118 Å². The molecular formula is C14H19N3O2S. The van der Waals surface area contributed by atoms with E-state index in [-0.39, 0.29) is 11.8 Å². The quantitative estimate of drug-likeness (QED) is 0.925. The largest absolute Gasteiger partial charge is 0.307 e. The molecule has 1 aromatic heterocycles. The first kappa shape index (κ1) is 13.6. The average Bonchev–Trinajstić information content (AvgIpc) is 2.73. The summed E-state index contributed by atoms with van der Waals surface area (Å²) in [6.07, 6.45) is 1.67. The second-order valence-electron chi connectivity index (χ2n) is 5.42. The molecule has 2 heterocycles. The van der Waals surface area contributed by atoms with Crippen molar-refractivity contribution in [3.8, 4) is 0 Å². The van der Waals surface area contributed by atoms with E-state index in [1.807, 2.05) is 29.9 Å². The van der Waals surface area contributed by atoms with E-state index in [0.717, 1.165) is 29.4 Å². The van der Waals surface area contributed by atoms with Crippen LogP contribution in [-0.4, -0.2) is 35.7 Å². The Hall–Kier alpha value is -1.40. The Balaban J connectivity index is 1.74. The molecule has 0 aliphatic carbocycles. The molecule has 3 rings (SSSR count). The fraction of sp³-hybridized carbons (Fsp3) is 0.500. The molecule has 0 spiro atoms. The van der Waals surface area contributed by atoms with Crippen molar-refractivity contribution in [1.29, 1.82) is 0 Å². The van der Waals surface area contributed by atoms with Crippen molar-refractivity contribution in [1.82, 2.24) is 15.1 Å². The van der Waals surface area contributed by atoms with Gasteiger partial charge in [0.25, 0.3) is 0 Å². The SMILES string of the molecule is Cn1nc(CNC2CCCS(=O)(=O)C2)c2ccccc21. The summed E-state index contributed by atoms with van der Waals surface area (Å²) in [5, 5.41) is 8.99. The van der Waals surface area contributed by atoms with Gasteiger partial charge in [-0.1, -0.05) is 18.2 Å². The van der Waals surface area contributed by atoms with Gasteiger partial charge in [0, 0.05) is 25.0 Å². The number of aryl methyl sites for hydroxylation is 1. The third-order valence-electron chi connectivity index (χ3n) is 3.86. The van der Waals surface area contributed by atoms with E-state index in [1.165, 1.54) is 0 Å². The van der Waals surface area contributed by atoms with E-state index in [1.54, 1.807) is 0 Å². The molecule has 1 N–H and O–H groups in total. The van der Waals surface area contributed by atoms with Crippen molar-refractivity contribution in [2.75, 3.05) is 11.5 Å². The van der Waals surface area contributed by atoms with Crippen molar-refractivity contribution < 1.29 is 8.42 Å². The lowest BCUT2D eigenvalue weighted by Gasteiger charge is -2.22. The Morgan fingerprint density at radius 2 is 2.20 bits per heavy atom. The molecule has 1 fully saturated rings. The van der Waals surface area contributed by atoms with Crippen LogP contribution in [0.5, 0.6) is 0 Å². The average molecular weight is 293 g/mol. The van der Waals surface area contributed by atoms with Crippen LogP contribution in [0, 0.1) is 0 Å². The maximum absolute atomic E-state index is 11.6. The van der Waals surface area contributed by atoms with Gasteiger partial charge in [-0.05, 0) is 18.9 Å². The second-order valence-corrected chi connectivity index (χ2v) is 7.65. The first-order chi connectivity index (χ1) is 9.55. The third kappa shape index (κ3) is 2.71. The summed E-state index contributed by atoms with van der Waals surface area (Å²) in [4.78, 5) is 0. The molecule has 1 aliphatic rings. The first-order valence-corrected chi connectivity index (χ1v) is 8.72. The molecular weight excluding hydrogens is 274 g/mol. The van der Waals surface area contributed by atoms with Gasteiger partial charge >= 0.3 is 0 Å². The highest BCUT2D eigenvalue weighted by atomic mass is 32.2. The van der Waals surface area contributed by atoms with Crippen molar-refractivity contribution in [3.63, 3.8) is 0 Å². The number of nitrogens with zero attached hydrogens (tertiary/aromatic N) is 2. The van der Waals surface area contributed by atoms with Crippen LogP contribution in [0.1, 0.15) is 18.5 Å². The number of sulfone groups is 1. The summed E-state index contributed by atoms with van der Waals surface area (Å²) >= 11 is 0. The maximum Gasteiger partial charge on any atom is 0.151 e. The predicted octanol–water partition coefficient (Wildman–Crippen LogP) is 1.24. The van der Waals surface area contributed by atoms with Crippen LogP contribution < -0.4 is 5.32 Å². The van der Waals surface area contributed by atoms with E-state index >= 15 is 0 Å². The number of nitrogens with one attached hydrogen (secondary N) is 1. The zero-order chi connectivity index (χ0) is 14.2.